The average Bonchev–Trinajstić information content (AvgIpc) is 3.07. The lowest BCUT2D eigenvalue weighted by Gasteiger charge is -2.19. The van der Waals surface area contributed by atoms with Crippen LogP contribution in [0.25, 0.3) is 11.1 Å². The minimum atomic E-state index is -0.372. The van der Waals surface area contributed by atoms with E-state index < -0.39 is 0 Å². The predicted octanol–water partition coefficient (Wildman–Crippen LogP) is 3.75. The van der Waals surface area contributed by atoms with Crippen LogP contribution in [0.15, 0.2) is 65.3 Å². The van der Waals surface area contributed by atoms with Crippen molar-refractivity contribution in [1.29, 1.82) is 0 Å². The number of fused-ring (bicyclic) bond motifs is 1. The van der Waals surface area contributed by atoms with E-state index in [2.05, 4.69) is 20.4 Å². The van der Waals surface area contributed by atoms with Crippen LogP contribution in [0.5, 0.6) is 0 Å². The maximum Gasteiger partial charge on any atom is 0.258 e. The summed E-state index contributed by atoms with van der Waals surface area (Å²) in [7, 11) is 0. The van der Waals surface area contributed by atoms with Crippen molar-refractivity contribution in [2.75, 3.05) is 0 Å². The van der Waals surface area contributed by atoms with Gasteiger partial charge in [-0.15, -0.1) is 0 Å². The molecular formula is C21H18N4O2. The third-order valence-corrected chi connectivity index (χ3v) is 4.38. The van der Waals surface area contributed by atoms with E-state index in [0.717, 1.165) is 11.3 Å². The van der Waals surface area contributed by atoms with Gasteiger partial charge in [-0.2, -0.15) is 0 Å². The van der Waals surface area contributed by atoms with Crippen LogP contribution >= 0.6 is 0 Å². The fourth-order valence-electron chi connectivity index (χ4n) is 3.13. The molecule has 0 aliphatic carbocycles. The van der Waals surface area contributed by atoms with E-state index in [9.17, 15) is 4.79 Å². The molecule has 3 aromatic heterocycles. The van der Waals surface area contributed by atoms with Crippen molar-refractivity contribution in [2.24, 2.45) is 0 Å². The number of nitrogens with zero attached hydrogens (tertiary/aromatic N) is 3. The van der Waals surface area contributed by atoms with Gasteiger partial charge < -0.3 is 9.84 Å². The Morgan fingerprint density at radius 2 is 1.85 bits per heavy atom. The fraction of sp³-hybridized carbons (Fsp3) is 0.143. The fourth-order valence-corrected chi connectivity index (χ4v) is 3.13. The van der Waals surface area contributed by atoms with E-state index in [0.29, 0.717) is 28.1 Å². The number of nitrogens with one attached hydrogen (secondary N) is 1. The van der Waals surface area contributed by atoms with Gasteiger partial charge >= 0.3 is 0 Å². The predicted molar refractivity (Wildman–Crippen MR) is 101 cm³/mol. The van der Waals surface area contributed by atoms with Gasteiger partial charge in [-0.3, -0.25) is 9.78 Å². The maximum absolute atomic E-state index is 13.2. The van der Waals surface area contributed by atoms with Crippen molar-refractivity contribution >= 4 is 17.0 Å². The Bertz CT molecular complexity index is 1050. The first kappa shape index (κ1) is 16.9. The molecule has 4 rings (SSSR count). The number of carbonyl (C=O) groups is 1. The van der Waals surface area contributed by atoms with Crippen LogP contribution in [0.4, 0.5) is 0 Å². The van der Waals surface area contributed by atoms with Crippen molar-refractivity contribution < 1.29 is 9.32 Å². The van der Waals surface area contributed by atoms with Crippen LogP contribution < -0.4 is 5.32 Å². The molecule has 1 N–H and O–H groups in total. The number of pyridine rings is 2. The summed E-state index contributed by atoms with van der Waals surface area (Å²) in [6, 6.07) is 16.8. The first-order valence-corrected chi connectivity index (χ1v) is 8.64. The summed E-state index contributed by atoms with van der Waals surface area (Å²) in [5.74, 6) is -0.226. The molecular weight excluding hydrogens is 340 g/mol. The van der Waals surface area contributed by atoms with Crippen molar-refractivity contribution in [3.05, 3.63) is 89.0 Å². The summed E-state index contributed by atoms with van der Waals surface area (Å²) in [4.78, 5) is 21.9. The second-order valence-electron chi connectivity index (χ2n) is 6.33. The Hall–Kier alpha value is -3.54. The Balaban J connectivity index is 1.76. The average molecular weight is 358 g/mol. The zero-order valence-electron chi connectivity index (χ0n) is 15.0. The number of rotatable bonds is 4. The summed E-state index contributed by atoms with van der Waals surface area (Å²) >= 11 is 0. The third kappa shape index (κ3) is 3.29. The number of aryl methyl sites for hydroxylation is 2. The third-order valence-electron chi connectivity index (χ3n) is 4.38. The molecule has 0 spiro atoms. The molecule has 0 saturated heterocycles. The second-order valence-corrected chi connectivity index (χ2v) is 6.33. The Morgan fingerprint density at radius 1 is 1.07 bits per heavy atom. The number of aromatic nitrogens is 3. The molecule has 3 heterocycles. The molecule has 0 aliphatic heterocycles. The van der Waals surface area contributed by atoms with Crippen molar-refractivity contribution in [3.63, 3.8) is 0 Å². The Kier molecular flexibility index (Phi) is 4.38. The molecule has 0 radical (unpaired) electrons. The van der Waals surface area contributed by atoms with Crippen LogP contribution in [0, 0.1) is 13.8 Å². The van der Waals surface area contributed by atoms with Crippen LogP contribution in [0.2, 0.25) is 0 Å². The number of amides is 1. The summed E-state index contributed by atoms with van der Waals surface area (Å²) in [5.41, 5.74) is 3.91. The highest BCUT2D eigenvalue weighted by molar-refractivity contribution is 6.06. The number of benzene rings is 1. The molecule has 4 aromatic rings. The summed E-state index contributed by atoms with van der Waals surface area (Å²) < 4.78 is 5.24. The van der Waals surface area contributed by atoms with E-state index in [4.69, 9.17) is 4.52 Å². The van der Waals surface area contributed by atoms with Crippen LogP contribution in [-0.4, -0.2) is 21.0 Å². The molecule has 6 heteroatoms. The summed E-state index contributed by atoms with van der Waals surface area (Å²) in [6.07, 6.45) is 1.72. The number of carbonyl (C=O) groups excluding carboxylic acids is 1. The van der Waals surface area contributed by atoms with Gasteiger partial charge in [0.2, 0.25) is 0 Å². The van der Waals surface area contributed by atoms with Gasteiger partial charge in [-0.1, -0.05) is 41.6 Å². The zero-order chi connectivity index (χ0) is 18.8. The minimum absolute atomic E-state index is 0.226. The van der Waals surface area contributed by atoms with E-state index in [1.54, 1.807) is 19.2 Å². The molecule has 1 atom stereocenters. The van der Waals surface area contributed by atoms with Gasteiger partial charge in [0, 0.05) is 11.9 Å². The van der Waals surface area contributed by atoms with Crippen LogP contribution in [-0.2, 0) is 0 Å². The molecule has 0 bridgehead atoms. The standard InChI is InChI=1S/C21H18N4O2/c1-13-12-16(18-14(2)25-27-21(18)23-13)20(26)24-19(15-8-4-3-5-9-15)17-10-6-7-11-22-17/h3-12,19H,1-2H3,(H,24,26). The second kappa shape index (κ2) is 6.99. The molecule has 27 heavy (non-hydrogen) atoms. The highest BCUT2D eigenvalue weighted by atomic mass is 16.5. The summed E-state index contributed by atoms with van der Waals surface area (Å²) in [6.45, 7) is 3.62. The highest BCUT2D eigenvalue weighted by Gasteiger charge is 2.22. The monoisotopic (exact) mass is 358 g/mol. The topological polar surface area (TPSA) is 80.9 Å². The van der Waals surface area contributed by atoms with E-state index in [1.807, 2.05) is 55.5 Å². The molecule has 0 aliphatic rings. The molecule has 1 unspecified atom stereocenters. The quantitative estimate of drug-likeness (QED) is 0.601. The molecule has 1 aromatic carbocycles. The largest absolute Gasteiger partial charge is 0.340 e. The zero-order valence-corrected chi connectivity index (χ0v) is 15.0. The normalized spacial score (nSPS) is 12.1. The van der Waals surface area contributed by atoms with Crippen molar-refractivity contribution in [2.45, 2.75) is 19.9 Å². The molecule has 134 valence electrons. The van der Waals surface area contributed by atoms with Crippen LogP contribution in [0.1, 0.15) is 39.0 Å². The van der Waals surface area contributed by atoms with E-state index in [1.165, 1.54) is 0 Å². The Labute approximate surface area is 156 Å². The van der Waals surface area contributed by atoms with Crippen molar-refractivity contribution in [1.82, 2.24) is 20.4 Å². The van der Waals surface area contributed by atoms with Gasteiger partial charge in [0.1, 0.15) is 0 Å². The molecule has 0 fully saturated rings. The lowest BCUT2D eigenvalue weighted by atomic mass is 10.0. The van der Waals surface area contributed by atoms with Gasteiger partial charge in [0.15, 0.2) is 0 Å². The molecule has 0 saturated carbocycles. The lowest BCUT2D eigenvalue weighted by molar-refractivity contribution is 0.0943. The number of hydrogen-bond donors (Lipinski definition) is 1. The smallest absolute Gasteiger partial charge is 0.258 e. The first-order valence-electron chi connectivity index (χ1n) is 8.64. The van der Waals surface area contributed by atoms with Crippen LogP contribution in [0.3, 0.4) is 0 Å². The highest BCUT2D eigenvalue weighted by Crippen LogP contribution is 2.25. The van der Waals surface area contributed by atoms with Crippen molar-refractivity contribution in [3.8, 4) is 0 Å². The Morgan fingerprint density at radius 3 is 2.59 bits per heavy atom. The van der Waals surface area contributed by atoms with Gasteiger partial charge in [0.25, 0.3) is 11.6 Å². The van der Waals surface area contributed by atoms with Gasteiger partial charge in [0.05, 0.1) is 28.4 Å². The number of hydrogen-bond acceptors (Lipinski definition) is 5. The molecule has 1 amide bonds. The SMILES string of the molecule is Cc1cc(C(=O)NC(c2ccccc2)c2ccccn2)c2c(C)noc2n1. The minimum Gasteiger partial charge on any atom is -0.340 e. The van der Waals surface area contributed by atoms with E-state index in [-0.39, 0.29) is 11.9 Å². The molecule has 6 nitrogen and oxygen atoms in total. The van der Waals surface area contributed by atoms with Gasteiger partial charge in [-0.05, 0) is 37.6 Å². The van der Waals surface area contributed by atoms with Gasteiger partial charge in [-0.25, -0.2) is 4.98 Å². The van der Waals surface area contributed by atoms with E-state index >= 15 is 0 Å². The first-order chi connectivity index (χ1) is 13.1. The summed E-state index contributed by atoms with van der Waals surface area (Å²) in [5, 5.41) is 7.68. The lowest BCUT2D eigenvalue weighted by Crippen LogP contribution is -2.30. The maximum atomic E-state index is 13.2.